The summed E-state index contributed by atoms with van der Waals surface area (Å²) in [6.45, 7) is 10.4. The number of hydrogen-bond donors (Lipinski definition) is 2. The third kappa shape index (κ3) is 8.67. The molecule has 2 N–H and O–H groups in total. The number of ether oxygens (including phenoxy) is 3. The maximum Gasteiger partial charge on any atom is 0.481 e. The summed E-state index contributed by atoms with van der Waals surface area (Å²) in [5.41, 5.74) is 0.0229. The minimum absolute atomic E-state index is 0.206. The number of carbonyl (C=O) groups is 3. The number of morpholine rings is 1. The van der Waals surface area contributed by atoms with Crippen molar-refractivity contribution in [2.24, 2.45) is 0 Å². The van der Waals surface area contributed by atoms with Crippen molar-refractivity contribution in [2.75, 3.05) is 39.5 Å². The van der Waals surface area contributed by atoms with Crippen LogP contribution in [0.5, 0.6) is 0 Å². The summed E-state index contributed by atoms with van der Waals surface area (Å²) in [6.07, 6.45) is 1.40. The molecule has 41 heavy (non-hydrogen) atoms. The van der Waals surface area contributed by atoms with Crippen molar-refractivity contribution in [1.82, 2.24) is 15.5 Å². The van der Waals surface area contributed by atoms with Gasteiger partial charge in [0.25, 0.3) is 0 Å². The number of benzene rings is 1. The number of nitrogens with one attached hydrogen (secondary N) is 2. The van der Waals surface area contributed by atoms with Crippen LogP contribution in [0.25, 0.3) is 0 Å². The van der Waals surface area contributed by atoms with Gasteiger partial charge in [-0.15, -0.1) is 0 Å². The van der Waals surface area contributed by atoms with E-state index in [1.165, 1.54) is 5.56 Å². The topological polar surface area (TPSA) is 125 Å². The minimum Gasteiger partial charge on any atom is -0.444 e. The summed E-state index contributed by atoms with van der Waals surface area (Å²) in [5.74, 6) is -1.24. The highest BCUT2D eigenvalue weighted by Crippen LogP contribution is 2.38. The molecular weight excluding hydrogens is 529 g/mol. The van der Waals surface area contributed by atoms with Crippen LogP contribution in [0, 0.1) is 0 Å². The zero-order valence-corrected chi connectivity index (χ0v) is 24.7. The van der Waals surface area contributed by atoms with Crippen LogP contribution in [0.3, 0.4) is 0 Å². The largest absolute Gasteiger partial charge is 0.481 e. The normalized spacial score (nSPS) is 23.1. The molecule has 0 bridgehead atoms. The fraction of sp³-hybridized carbons (Fsp3) is 0.690. The highest BCUT2D eigenvalue weighted by molar-refractivity contribution is 6.48. The number of carbonyl (C=O) groups excluding carboxylic acids is 3. The van der Waals surface area contributed by atoms with Gasteiger partial charge in [-0.1, -0.05) is 30.3 Å². The van der Waals surface area contributed by atoms with Crippen molar-refractivity contribution in [2.45, 2.75) is 89.1 Å². The summed E-state index contributed by atoms with van der Waals surface area (Å²) in [6, 6.07) is 8.98. The van der Waals surface area contributed by atoms with E-state index in [-0.39, 0.29) is 18.4 Å². The van der Waals surface area contributed by atoms with Crippen molar-refractivity contribution < 1.29 is 37.9 Å². The first-order valence-corrected chi connectivity index (χ1v) is 14.6. The Balaban J connectivity index is 1.46. The molecule has 1 aromatic carbocycles. The van der Waals surface area contributed by atoms with Gasteiger partial charge in [-0.25, -0.2) is 4.79 Å². The molecule has 3 aliphatic heterocycles. The quantitative estimate of drug-likeness (QED) is 0.387. The Hall–Kier alpha value is -2.67. The van der Waals surface area contributed by atoms with Crippen LogP contribution >= 0.6 is 0 Å². The van der Waals surface area contributed by atoms with Gasteiger partial charge < -0.3 is 39.1 Å². The zero-order valence-electron chi connectivity index (χ0n) is 24.7. The third-order valence-electron chi connectivity index (χ3n) is 8.26. The lowest BCUT2D eigenvalue weighted by molar-refractivity contribution is -0.138. The monoisotopic (exact) mass is 573 g/mol. The molecule has 3 amide bonds. The fourth-order valence-electron chi connectivity index (χ4n) is 5.04. The van der Waals surface area contributed by atoms with E-state index >= 15 is 0 Å². The van der Waals surface area contributed by atoms with Gasteiger partial charge in [0.1, 0.15) is 12.1 Å². The number of rotatable bonds is 11. The molecule has 3 heterocycles. The van der Waals surface area contributed by atoms with Gasteiger partial charge in [0, 0.05) is 19.5 Å². The highest BCUT2D eigenvalue weighted by atomic mass is 16.7. The summed E-state index contributed by atoms with van der Waals surface area (Å²) in [7, 11) is -0.696. The molecule has 11 nitrogen and oxygen atoms in total. The van der Waals surface area contributed by atoms with Gasteiger partial charge in [-0.05, 0) is 52.5 Å². The second-order valence-electron chi connectivity index (χ2n) is 11.9. The van der Waals surface area contributed by atoms with Gasteiger partial charge in [-0.3, -0.25) is 9.59 Å². The van der Waals surface area contributed by atoms with E-state index < -0.39 is 42.3 Å². The van der Waals surface area contributed by atoms with Crippen LogP contribution in [0.15, 0.2) is 30.3 Å². The second kappa shape index (κ2) is 14.0. The summed E-state index contributed by atoms with van der Waals surface area (Å²) >= 11 is 0. The van der Waals surface area contributed by atoms with Gasteiger partial charge >= 0.3 is 13.2 Å². The van der Waals surface area contributed by atoms with E-state index in [0.717, 1.165) is 12.8 Å². The summed E-state index contributed by atoms with van der Waals surface area (Å²) in [5, 5.41) is 5.68. The lowest BCUT2D eigenvalue weighted by Gasteiger charge is -2.32. The van der Waals surface area contributed by atoms with E-state index in [1.807, 2.05) is 45.9 Å². The number of aryl methyl sites for hydroxylation is 1. The van der Waals surface area contributed by atoms with Crippen LogP contribution < -0.4 is 10.6 Å². The Bertz CT molecular complexity index is 1010. The first-order chi connectivity index (χ1) is 19.5. The van der Waals surface area contributed by atoms with Crippen molar-refractivity contribution in [3.63, 3.8) is 0 Å². The molecule has 226 valence electrons. The van der Waals surface area contributed by atoms with Crippen molar-refractivity contribution in [1.29, 1.82) is 0 Å². The molecule has 0 unspecified atom stereocenters. The standard InChI is InChI=1S/C29H44BN3O8/c1-28(2)29(3,4)41-30(40-28)24(12-8-11-21-9-6-5-7-10-21)32-26(35)23(19-25(34)33-14-17-37-18-15-33)31-27(36)39-22-13-16-38-20-22/h5-7,9-10,22-24H,8,11-20H2,1-4H3,(H,31,36)(H,32,35)/t22-,23+,24-/m0/s1. The molecule has 4 rings (SSSR count). The molecule has 3 fully saturated rings. The van der Waals surface area contributed by atoms with Gasteiger partial charge in [0.15, 0.2) is 0 Å². The first-order valence-electron chi connectivity index (χ1n) is 14.6. The predicted octanol–water partition coefficient (Wildman–Crippen LogP) is 2.26. The average molecular weight is 573 g/mol. The Labute approximate surface area is 243 Å². The van der Waals surface area contributed by atoms with E-state index in [2.05, 4.69) is 22.8 Å². The molecule has 0 aromatic heterocycles. The maximum absolute atomic E-state index is 13.7. The molecule has 12 heteroatoms. The average Bonchev–Trinajstić information content (AvgIpc) is 3.52. The van der Waals surface area contributed by atoms with Crippen LogP contribution in [0.2, 0.25) is 0 Å². The molecule has 3 atom stereocenters. The first kappa shape index (κ1) is 31.3. The van der Waals surface area contributed by atoms with Crippen LogP contribution in [-0.2, 0) is 39.5 Å². The van der Waals surface area contributed by atoms with E-state index in [0.29, 0.717) is 52.4 Å². The summed E-state index contributed by atoms with van der Waals surface area (Å²) < 4.78 is 28.7. The molecule has 0 radical (unpaired) electrons. The maximum atomic E-state index is 13.7. The van der Waals surface area contributed by atoms with Crippen molar-refractivity contribution >= 4 is 25.0 Å². The molecule has 1 aromatic rings. The van der Waals surface area contributed by atoms with E-state index in [1.54, 1.807) is 4.90 Å². The molecule has 0 spiro atoms. The van der Waals surface area contributed by atoms with E-state index in [9.17, 15) is 14.4 Å². The highest BCUT2D eigenvalue weighted by Gasteiger charge is 2.54. The Morgan fingerprint density at radius 3 is 2.32 bits per heavy atom. The second-order valence-corrected chi connectivity index (χ2v) is 11.9. The number of nitrogens with zero attached hydrogens (tertiary/aromatic N) is 1. The number of amides is 3. The fourth-order valence-corrected chi connectivity index (χ4v) is 5.04. The van der Waals surface area contributed by atoms with Crippen LogP contribution in [-0.4, -0.2) is 98.7 Å². The Kier molecular flexibility index (Phi) is 10.7. The molecule has 0 aliphatic carbocycles. The van der Waals surface area contributed by atoms with E-state index in [4.69, 9.17) is 23.5 Å². The Morgan fingerprint density at radius 1 is 1.00 bits per heavy atom. The number of hydrogen-bond acceptors (Lipinski definition) is 8. The number of alkyl carbamates (subject to hydrolysis) is 1. The van der Waals surface area contributed by atoms with Gasteiger partial charge in [-0.2, -0.15) is 0 Å². The van der Waals surface area contributed by atoms with Crippen molar-refractivity contribution in [3.05, 3.63) is 35.9 Å². The van der Waals surface area contributed by atoms with Crippen LogP contribution in [0.4, 0.5) is 4.79 Å². The van der Waals surface area contributed by atoms with Gasteiger partial charge in [0.05, 0.1) is 50.0 Å². The lowest BCUT2D eigenvalue weighted by atomic mass is 9.75. The smallest absolute Gasteiger partial charge is 0.444 e. The Morgan fingerprint density at radius 2 is 1.68 bits per heavy atom. The van der Waals surface area contributed by atoms with Crippen molar-refractivity contribution in [3.8, 4) is 0 Å². The zero-order chi connectivity index (χ0) is 29.5. The third-order valence-corrected chi connectivity index (χ3v) is 8.26. The lowest BCUT2D eigenvalue weighted by Crippen LogP contribution is -2.56. The molecule has 0 saturated carbocycles. The predicted molar refractivity (Wildman–Crippen MR) is 152 cm³/mol. The molecular formula is C29H44BN3O8. The van der Waals surface area contributed by atoms with Gasteiger partial charge in [0.2, 0.25) is 11.8 Å². The minimum atomic E-state index is -1.14. The molecule has 3 aliphatic rings. The van der Waals surface area contributed by atoms with Crippen LogP contribution in [0.1, 0.15) is 58.9 Å². The molecule has 3 saturated heterocycles. The SMILES string of the molecule is CC1(C)OB([C@H](CCCc2ccccc2)NC(=O)[C@@H](CC(=O)N2CCOCC2)NC(=O)O[C@H]2CCOC2)OC1(C)C. The summed E-state index contributed by atoms with van der Waals surface area (Å²) in [4.78, 5) is 41.2.